The Balaban J connectivity index is 0. The van der Waals surface area contributed by atoms with Crippen molar-refractivity contribution in [2.45, 2.75) is 39.2 Å². The molecule has 0 spiro atoms. The number of phosphoric ester groups is 1. The fourth-order valence-corrected chi connectivity index (χ4v) is 3.32. The van der Waals surface area contributed by atoms with Crippen molar-refractivity contribution in [3.05, 3.63) is 0 Å². The van der Waals surface area contributed by atoms with E-state index in [0.717, 1.165) is 7.11 Å². The molecule has 2 atom stereocenters. The quantitative estimate of drug-likeness (QED) is 0.0784. The average Bonchev–Trinajstić information content (AvgIpc) is 2.97. The van der Waals surface area contributed by atoms with E-state index in [4.69, 9.17) is 33.2 Å². The zero-order valence-electron chi connectivity index (χ0n) is 24.8. The number of hydrogen-bond donors (Lipinski definition) is 3. The smallest absolute Gasteiger partial charge is 0.407 e. The van der Waals surface area contributed by atoms with Gasteiger partial charge in [-0.3, -0.25) is 9.36 Å². The Hall–Kier alpha value is -2.08. The van der Waals surface area contributed by atoms with Crippen molar-refractivity contribution >= 4 is 25.9 Å². The van der Waals surface area contributed by atoms with Crippen molar-refractivity contribution in [2.75, 3.05) is 107 Å². The van der Waals surface area contributed by atoms with Crippen molar-refractivity contribution in [1.29, 1.82) is 0 Å². The molecular formula is C25H51N3O14P-. The number of ether oxygens (including phenoxy) is 7. The zero-order valence-corrected chi connectivity index (χ0v) is 25.7. The van der Waals surface area contributed by atoms with Gasteiger partial charge in [-0.25, -0.2) is 9.59 Å². The van der Waals surface area contributed by atoms with Crippen LogP contribution in [-0.2, 0) is 51.6 Å². The maximum absolute atomic E-state index is 12.7. The Morgan fingerprint density at radius 3 is 1.81 bits per heavy atom. The minimum absolute atomic E-state index is 0. The highest BCUT2D eigenvalue weighted by atomic mass is 31.2. The fraction of sp³-hybridized carbons (Fsp3) is 0.880. The van der Waals surface area contributed by atoms with Gasteiger partial charge in [-0.05, 0) is 25.7 Å². The summed E-state index contributed by atoms with van der Waals surface area (Å²) in [4.78, 5) is 47.7. The molecule has 0 aliphatic rings. The van der Waals surface area contributed by atoms with Crippen molar-refractivity contribution in [2.24, 2.45) is 0 Å². The third-order valence-corrected chi connectivity index (χ3v) is 5.99. The molecule has 0 rings (SSSR count). The highest BCUT2D eigenvalue weighted by Gasteiger charge is 2.21. The van der Waals surface area contributed by atoms with Crippen molar-refractivity contribution in [1.82, 2.24) is 16.0 Å². The van der Waals surface area contributed by atoms with Crippen LogP contribution in [0.4, 0.5) is 9.59 Å². The number of unbranched alkanes of at least 4 members (excludes halogenated alkanes) is 1. The number of methoxy groups -OCH3 is 2. The summed E-state index contributed by atoms with van der Waals surface area (Å²) in [5.41, 5.74) is 0. The molecule has 2 unspecified atom stereocenters. The highest BCUT2D eigenvalue weighted by Crippen LogP contribution is 2.36. The first-order valence-corrected chi connectivity index (χ1v) is 15.1. The molecule has 17 nitrogen and oxygen atoms in total. The number of nitrogens with one attached hydrogen (secondary N) is 3. The molecule has 0 aromatic heterocycles. The summed E-state index contributed by atoms with van der Waals surface area (Å²) in [6, 6.07) is -0.877. The lowest BCUT2D eigenvalue weighted by atomic mass is 10.1. The van der Waals surface area contributed by atoms with Gasteiger partial charge in [0.05, 0.1) is 52.9 Å². The van der Waals surface area contributed by atoms with Gasteiger partial charge >= 0.3 is 12.2 Å². The first kappa shape index (κ1) is 43.0. The van der Waals surface area contributed by atoms with E-state index >= 15 is 0 Å². The van der Waals surface area contributed by atoms with E-state index in [1.54, 1.807) is 14.2 Å². The van der Waals surface area contributed by atoms with Gasteiger partial charge in [0.25, 0.3) is 7.82 Å². The summed E-state index contributed by atoms with van der Waals surface area (Å²) in [6.07, 6.45) is 0.413. The Kier molecular flexibility index (Phi) is 30.0. The fourth-order valence-electron chi connectivity index (χ4n) is 2.91. The van der Waals surface area contributed by atoms with E-state index < -0.39 is 32.0 Å². The molecule has 18 heteroatoms. The Morgan fingerprint density at radius 2 is 1.21 bits per heavy atom. The van der Waals surface area contributed by atoms with Gasteiger partial charge in [0.2, 0.25) is 5.91 Å². The SMILES string of the molecule is C.COCCOCCOC(=O)NCCCCC(NC(=O)OCCOCCOC)C(=O)NCCCOCCOP(=O)([O-])OC. The second kappa shape index (κ2) is 30.0. The van der Waals surface area contributed by atoms with E-state index in [2.05, 4.69) is 25.0 Å². The highest BCUT2D eigenvalue weighted by molar-refractivity contribution is 7.45. The van der Waals surface area contributed by atoms with Crippen LogP contribution in [0.2, 0.25) is 0 Å². The monoisotopic (exact) mass is 648 g/mol. The summed E-state index contributed by atoms with van der Waals surface area (Å²) in [6.45, 7) is 2.82. The van der Waals surface area contributed by atoms with E-state index in [1.165, 1.54) is 0 Å². The van der Waals surface area contributed by atoms with Gasteiger partial charge in [-0.2, -0.15) is 0 Å². The minimum Gasteiger partial charge on any atom is -0.756 e. The van der Waals surface area contributed by atoms with E-state index in [0.29, 0.717) is 52.2 Å². The van der Waals surface area contributed by atoms with Gasteiger partial charge in [0, 0.05) is 41.0 Å². The first-order valence-electron chi connectivity index (χ1n) is 13.6. The number of carbonyl (C=O) groups is 3. The largest absolute Gasteiger partial charge is 0.756 e. The van der Waals surface area contributed by atoms with Crippen molar-refractivity contribution in [3.8, 4) is 0 Å². The molecule has 0 heterocycles. The van der Waals surface area contributed by atoms with Crippen LogP contribution in [0.1, 0.15) is 33.1 Å². The van der Waals surface area contributed by atoms with Gasteiger partial charge in [0.15, 0.2) is 0 Å². The van der Waals surface area contributed by atoms with Crippen LogP contribution in [0.25, 0.3) is 0 Å². The molecule has 0 aliphatic heterocycles. The number of hydrogen-bond acceptors (Lipinski definition) is 14. The Labute approximate surface area is 254 Å². The molecule has 0 saturated carbocycles. The van der Waals surface area contributed by atoms with Crippen LogP contribution < -0.4 is 20.8 Å². The predicted octanol–water partition coefficient (Wildman–Crippen LogP) is 0.594. The molecule has 43 heavy (non-hydrogen) atoms. The topological polar surface area (TPSA) is 210 Å². The summed E-state index contributed by atoms with van der Waals surface area (Å²) >= 11 is 0. The number of phosphoric acid groups is 1. The normalized spacial score (nSPS) is 12.8. The van der Waals surface area contributed by atoms with Crippen LogP contribution in [0.5, 0.6) is 0 Å². The molecule has 0 aromatic rings. The Morgan fingerprint density at radius 1 is 0.674 bits per heavy atom. The standard InChI is InChI=1S/C24H48N3O14P.CH4/c1-33-11-13-37-15-18-39-23(29)26-8-5-4-7-21(27-24(30)40-19-16-38-14-12-34-2)22(28)25-9-6-10-36-17-20-41-42(31,32)35-3;/h21H,4-20H2,1-3H3,(H,25,28)(H,26,29)(H,27,30)(H,31,32);1H4/p-1. The van der Waals surface area contributed by atoms with Crippen LogP contribution in [-0.4, -0.2) is 131 Å². The maximum Gasteiger partial charge on any atom is 0.407 e. The molecular weight excluding hydrogens is 597 g/mol. The van der Waals surface area contributed by atoms with Gasteiger partial charge in [-0.15, -0.1) is 0 Å². The molecule has 3 N–H and O–H groups in total. The Bertz CT molecular complexity index is 750. The lowest BCUT2D eigenvalue weighted by molar-refractivity contribution is -0.223. The van der Waals surface area contributed by atoms with Gasteiger partial charge < -0.3 is 63.0 Å². The van der Waals surface area contributed by atoms with Crippen LogP contribution in [0.3, 0.4) is 0 Å². The number of carbonyl (C=O) groups excluding carboxylic acids is 3. The summed E-state index contributed by atoms with van der Waals surface area (Å²) in [7, 11) is -0.188. The van der Waals surface area contributed by atoms with Gasteiger partial charge in [0.1, 0.15) is 19.3 Å². The molecule has 0 bridgehead atoms. The van der Waals surface area contributed by atoms with Crippen LogP contribution >= 0.6 is 7.82 Å². The molecule has 0 saturated heterocycles. The minimum atomic E-state index is -4.29. The molecule has 0 fully saturated rings. The molecule has 0 radical (unpaired) electrons. The number of amides is 3. The maximum atomic E-state index is 12.7. The van der Waals surface area contributed by atoms with Crippen molar-refractivity contribution in [3.63, 3.8) is 0 Å². The van der Waals surface area contributed by atoms with Crippen LogP contribution in [0, 0.1) is 0 Å². The number of alkyl carbamates (subject to hydrolysis) is 2. The second-order valence-corrected chi connectivity index (χ2v) is 9.84. The molecule has 3 amide bonds. The second-order valence-electron chi connectivity index (χ2n) is 8.32. The zero-order chi connectivity index (χ0) is 31.3. The van der Waals surface area contributed by atoms with E-state index in [1.807, 2.05) is 0 Å². The predicted molar refractivity (Wildman–Crippen MR) is 153 cm³/mol. The number of rotatable bonds is 28. The lowest BCUT2D eigenvalue weighted by Crippen LogP contribution is -2.47. The van der Waals surface area contributed by atoms with Crippen LogP contribution in [0.15, 0.2) is 0 Å². The molecule has 256 valence electrons. The van der Waals surface area contributed by atoms with E-state index in [-0.39, 0.29) is 66.6 Å². The third kappa shape index (κ3) is 28.4. The molecule has 0 aliphatic carbocycles. The summed E-state index contributed by atoms with van der Waals surface area (Å²) < 4.78 is 55.3. The summed E-state index contributed by atoms with van der Waals surface area (Å²) in [5, 5.41) is 7.88. The summed E-state index contributed by atoms with van der Waals surface area (Å²) in [5.74, 6) is -0.417. The third-order valence-electron chi connectivity index (χ3n) is 5.05. The lowest BCUT2D eigenvalue weighted by Gasteiger charge is -2.20. The van der Waals surface area contributed by atoms with Gasteiger partial charge in [-0.1, -0.05) is 7.43 Å². The molecule has 0 aromatic carbocycles. The van der Waals surface area contributed by atoms with Crippen molar-refractivity contribution < 1.29 is 66.0 Å². The first-order chi connectivity index (χ1) is 20.3. The van der Waals surface area contributed by atoms with E-state index in [9.17, 15) is 23.8 Å². The average molecular weight is 649 g/mol.